The molecule has 0 bridgehead atoms. The molecular weight excluding hydrogens is 244 g/mol. The lowest BCUT2D eigenvalue weighted by molar-refractivity contribution is -0.148. The summed E-state index contributed by atoms with van der Waals surface area (Å²) >= 11 is 5.79. The average molecular weight is 261 g/mol. The highest BCUT2D eigenvalue weighted by molar-refractivity contribution is 6.30. The molecule has 5 nitrogen and oxygen atoms in total. The highest BCUT2D eigenvalue weighted by Crippen LogP contribution is 2.20. The third-order valence-electron chi connectivity index (χ3n) is 2.98. The number of carbonyl (C=O) groups is 2. The van der Waals surface area contributed by atoms with E-state index in [1.165, 1.54) is 4.90 Å². The number of morpholine rings is 1. The molecule has 1 saturated carbocycles. The molecule has 0 aromatic rings. The van der Waals surface area contributed by atoms with E-state index in [0.717, 1.165) is 12.8 Å². The SMILES string of the molecule is CC(Cl)C(=O)N1CCOCC1C(=O)NC1CC1. The van der Waals surface area contributed by atoms with Gasteiger partial charge in [0.15, 0.2) is 0 Å². The van der Waals surface area contributed by atoms with Gasteiger partial charge < -0.3 is 15.0 Å². The Labute approximate surface area is 105 Å². The zero-order valence-electron chi connectivity index (χ0n) is 9.82. The Morgan fingerprint density at radius 1 is 1.47 bits per heavy atom. The molecule has 0 spiro atoms. The molecule has 0 aromatic carbocycles. The van der Waals surface area contributed by atoms with E-state index >= 15 is 0 Å². The Kier molecular flexibility index (Phi) is 3.89. The van der Waals surface area contributed by atoms with E-state index in [-0.39, 0.29) is 24.5 Å². The first-order valence-electron chi connectivity index (χ1n) is 5.92. The number of halogens is 1. The number of hydrogen-bond acceptors (Lipinski definition) is 3. The fraction of sp³-hybridized carbons (Fsp3) is 0.818. The molecule has 6 heteroatoms. The minimum Gasteiger partial charge on any atom is -0.377 e. The normalized spacial score (nSPS) is 26.5. The smallest absolute Gasteiger partial charge is 0.245 e. The number of nitrogens with one attached hydrogen (secondary N) is 1. The van der Waals surface area contributed by atoms with Crippen molar-refractivity contribution in [1.82, 2.24) is 10.2 Å². The maximum absolute atomic E-state index is 12.0. The molecular formula is C11H17ClN2O3. The van der Waals surface area contributed by atoms with Crippen LogP contribution in [-0.4, -0.2) is 53.9 Å². The molecule has 2 rings (SSSR count). The second kappa shape index (κ2) is 5.23. The minimum absolute atomic E-state index is 0.127. The first kappa shape index (κ1) is 12.6. The number of hydrogen-bond donors (Lipinski definition) is 1. The molecule has 2 fully saturated rings. The van der Waals surface area contributed by atoms with Crippen LogP contribution in [0.2, 0.25) is 0 Å². The Balaban J connectivity index is 2.00. The topological polar surface area (TPSA) is 58.6 Å². The Hall–Kier alpha value is -0.810. The molecule has 17 heavy (non-hydrogen) atoms. The van der Waals surface area contributed by atoms with Gasteiger partial charge in [0.25, 0.3) is 0 Å². The molecule has 1 aliphatic carbocycles. The summed E-state index contributed by atoms with van der Waals surface area (Å²) < 4.78 is 5.27. The van der Waals surface area contributed by atoms with Crippen molar-refractivity contribution >= 4 is 23.4 Å². The van der Waals surface area contributed by atoms with E-state index in [1.807, 2.05) is 0 Å². The molecule has 2 aliphatic rings. The summed E-state index contributed by atoms with van der Waals surface area (Å²) in [5, 5.41) is 2.28. The van der Waals surface area contributed by atoms with Crippen LogP contribution in [-0.2, 0) is 14.3 Å². The molecule has 2 unspecified atom stereocenters. The number of ether oxygens (including phenoxy) is 1. The van der Waals surface area contributed by atoms with Gasteiger partial charge in [-0.3, -0.25) is 9.59 Å². The van der Waals surface area contributed by atoms with Crippen molar-refractivity contribution in [3.63, 3.8) is 0 Å². The van der Waals surface area contributed by atoms with Crippen LogP contribution in [0, 0.1) is 0 Å². The van der Waals surface area contributed by atoms with Crippen LogP contribution in [0.1, 0.15) is 19.8 Å². The van der Waals surface area contributed by atoms with Crippen LogP contribution in [0.5, 0.6) is 0 Å². The summed E-state index contributed by atoms with van der Waals surface area (Å²) in [5.74, 6) is -0.330. The standard InChI is InChI=1S/C11H17ClN2O3/c1-7(12)11(16)14-4-5-17-6-9(14)10(15)13-8-2-3-8/h7-9H,2-6H2,1H3,(H,13,15). The predicted molar refractivity (Wildman–Crippen MR) is 62.8 cm³/mol. The quantitative estimate of drug-likeness (QED) is 0.734. The third-order valence-corrected chi connectivity index (χ3v) is 3.16. The van der Waals surface area contributed by atoms with Gasteiger partial charge in [0.2, 0.25) is 11.8 Å². The summed E-state index contributed by atoms with van der Waals surface area (Å²) in [6.07, 6.45) is 2.05. The van der Waals surface area contributed by atoms with Crippen LogP contribution in [0.15, 0.2) is 0 Å². The molecule has 1 saturated heterocycles. The van der Waals surface area contributed by atoms with E-state index in [0.29, 0.717) is 13.2 Å². The lowest BCUT2D eigenvalue weighted by atomic mass is 10.2. The van der Waals surface area contributed by atoms with Crippen molar-refractivity contribution < 1.29 is 14.3 Å². The molecule has 1 heterocycles. The lowest BCUT2D eigenvalue weighted by Gasteiger charge is -2.35. The van der Waals surface area contributed by atoms with Crippen molar-refractivity contribution in [2.24, 2.45) is 0 Å². The van der Waals surface area contributed by atoms with Crippen molar-refractivity contribution in [3.8, 4) is 0 Å². The molecule has 0 radical (unpaired) electrons. The molecule has 2 atom stereocenters. The number of nitrogens with zero attached hydrogens (tertiary/aromatic N) is 1. The van der Waals surface area contributed by atoms with Crippen molar-refractivity contribution in [2.45, 2.75) is 37.2 Å². The molecule has 2 amide bonds. The summed E-state index contributed by atoms with van der Waals surface area (Å²) in [6, 6.07) is -0.243. The van der Waals surface area contributed by atoms with Gasteiger partial charge in [-0.1, -0.05) is 0 Å². The molecule has 96 valence electrons. The van der Waals surface area contributed by atoms with Gasteiger partial charge in [0.05, 0.1) is 13.2 Å². The van der Waals surface area contributed by atoms with Gasteiger partial charge in [0.1, 0.15) is 11.4 Å². The van der Waals surface area contributed by atoms with Crippen LogP contribution in [0.4, 0.5) is 0 Å². The molecule has 1 aliphatic heterocycles. The van der Waals surface area contributed by atoms with Gasteiger partial charge in [-0.15, -0.1) is 11.6 Å². The first-order chi connectivity index (χ1) is 8.09. The van der Waals surface area contributed by atoms with Crippen LogP contribution in [0.3, 0.4) is 0 Å². The zero-order valence-corrected chi connectivity index (χ0v) is 10.6. The van der Waals surface area contributed by atoms with Gasteiger partial charge in [0, 0.05) is 12.6 Å². The van der Waals surface area contributed by atoms with Crippen molar-refractivity contribution in [3.05, 3.63) is 0 Å². The maximum atomic E-state index is 12.0. The Morgan fingerprint density at radius 3 is 2.76 bits per heavy atom. The van der Waals surface area contributed by atoms with Crippen molar-refractivity contribution in [1.29, 1.82) is 0 Å². The van der Waals surface area contributed by atoms with E-state index in [9.17, 15) is 9.59 Å². The van der Waals surface area contributed by atoms with E-state index in [1.54, 1.807) is 6.92 Å². The van der Waals surface area contributed by atoms with Crippen molar-refractivity contribution in [2.75, 3.05) is 19.8 Å². The monoisotopic (exact) mass is 260 g/mol. The summed E-state index contributed by atoms with van der Waals surface area (Å²) in [6.45, 7) is 2.77. The average Bonchev–Trinajstić information content (AvgIpc) is 3.11. The second-order valence-corrected chi connectivity index (χ2v) is 5.18. The zero-order chi connectivity index (χ0) is 12.4. The molecule has 0 aromatic heterocycles. The Morgan fingerprint density at radius 2 is 2.18 bits per heavy atom. The van der Waals surface area contributed by atoms with E-state index in [2.05, 4.69) is 5.32 Å². The number of amides is 2. The highest BCUT2D eigenvalue weighted by Gasteiger charge is 2.36. The fourth-order valence-electron chi connectivity index (χ4n) is 1.84. The lowest BCUT2D eigenvalue weighted by Crippen LogP contribution is -2.57. The van der Waals surface area contributed by atoms with Gasteiger partial charge >= 0.3 is 0 Å². The Bertz CT molecular complexity index is 318. The molecule has 1 N–H and O–H groups in total. The number of rotatable bonds is 3. The predicted octanol–water partition coefficient (Wildman–Crippen LogP) is 0.120. The first-order valence-corrected chi connectivity index (χ1v) is 6.36. The largest absolute Gasteiger partial charge is 0.377 e. The highest BCUT2D eigenvalue weighted by atomic mass is 35.5. The number of carbonyl (C=O) groups excluding carboxylic acids is 2. The van der Waals surface area contributed by atoms with E-state index in [4.69, 9.17) is 16.3 Å². The third kappa shape index (κ3) is 3.10. The maximum Gasteiger partial charge on any atom is 0.245 e. The van der Waals surface area contributed by atoms with Crippen LogP contribution < -0.4 is 5.32 Å². The minimum atomic E-state index is -0.607. The van der Waals surface area contributed by atoms with Gasteiger partial charge in [-0.25, -0.2) is 0 Å². The van der Waals surface area contributed by atoms with Gasteiger partial charge in [-0.05, 0) is 19.8 Å². The second-order valence-electron chi connectivity index (χ2n) is 4.52. The van der Waals surface area contributed by atoms with Gasteiger partial charge in [-0.2, -0.15) is 0 Å². The summed E-state index contributed by atoms with van der Waals surface area (Å²) in [7, 11) is 0. The summed E-state index contributed by atoms with van der Waals surface area (Å²) in [5.41, 5.74) is 0. The summed E-state index contributed by atoms with van der Waals surface area (Å²) in [4.78, 5) is 25.4. The fourth-order valence-corrected chi connectivity index (χ4v) is 1.96. The van der Waals surface area contributed by atoms with E-state index < -0.39 is 11.4 Å². The van der Waals surface area contributed by atoms with Crippen LogP contribution in [0.25, 0.3) is 0 Å². The van der Waals surface area contributed by atoms with Crippen LogP contribution >= 0.6 is 11.6 Å². The number of alkyl halides is 1.